The fraction of sp³-hybridized carbons (Fsp3) is 0.417. The number of piperidine rings is 1. The SMILES string of the molecule is N#Cc1ccc(Cl)c(S(=O)(=O)N[C@H]2CCCNC2)c1. The summed E-state index contributed by atoms with van der Waals surface area (Å²) in [4.78, 5) is -0.0428. The van der Waals surface area contributed by atoms with Gasteiger partial charge in [0.15, 0.2) is 0 Å². The third-order valence-electron chi connectivity index (χ3n) is 2.97. The Morgan fingerprint density at radius 1 is 1.47 bits per heavy atom. The molecule has 1 saturated heterocycles. The second kappa shape index (κ2) is 5.88. The molecule has 0 amide bonds. The normalized spacial score (nSPS) is 19.9. The van der Waals surface area contributed by atoms with Crippen molar-refractivity contribution in [3.63, 3.8) is 0 Å². The molecule has 0 aliphatic carbocycles. The van der Waals surface area contributed by atoms with Gasteiger partial charge < -0.3 is 5.32 Å². The molecule has 102 valence electrons. The summed E-state index contributed by atoms with van der Waals surface area (Å²) in [5.74, 6) is 0. The lowest BCUT2D eigenvalue weighted by Crippen LogP contribution is -2.45. The second-order valence-corrected chi connectivity index (χ2v) is 6.51. The van der Waals surface area contributed by atoms with Crippen molar-refractivity contribution in [2.24, 2.45) is 0 Å². The zero-order valence-corrected chi connectivity index (χ0v) is 11.8. The summed E-state index contributed by atoms with van der Waals surface area (Å²) in [7, 11) is -3.70. The Morgan fingerprint density at radius 2 is 2.26 bits per heavy atom. The first kappa shape index (κ1) is 14.3. The summed E-state index contributed by atoms with van der Waals surface area (Å²) >= 11 is 5.91. The average molecular weight is 300 g/mol. The van der Waals surface area contributed by atoms with Gasteiger partial charge in [0.2, 0.25) is 10.0 Å². The van der Waals surface area contributed by atoms with Crippen LogP contribution in [0.2, 0.25) is 5.02 Å². The molecule has 0 radical (unpaired) electrons. The van der Waals surface area contributed by atoms with E-state index in [0.717, 1.165) is 19.4 Å². The van der Waals surface area contributed by atoms with Gasteiger partial charge in [-0.25, -0.2) is 13.1 Å². The minimum absolute atomic E-state index is 0.0428. The first-order chi connectivity index (χ1) is 9.03. The van der Waals surface area contributed by atoms with E-state index in [9.17, 15) is 8.42 Å². The molecule has 1 fully saturated rings. The van der Waals surface area contributed by atoms with Crippen molar-refractivity contribution in [1.29, 1.82) is 5.26 Å². The first-order valence-electron chi connectivity index (χ1n) is 5.95. The quantitative estimate of drug-likeness (QED) is 0.880. The standard InChI is InChI=1S/C12H14ClN3O2S/c13-11-4-3-9(7-14)6-12(11)19(17,18)16-10-2-1-5-15-8-10/h3-4,6,10,15-16H,1-2,5,8H2/t10-/m0/s1. The fourth-order valence-electron chi connectivity index (χ4n) is 2.01. The highest BCUT2D eigenvalue weighted by Crippen LogP contribution is 2.23. The Hall–Kier alpha value is -1.13. The van der Waals surface area contributed by atoms with Gasteiger partial charge in [-0.2, -0.15) is 5.26 Å². The van der Waals surface area contributed by atoms with Crippen LogP contribution < -0.4 is 10.0 Å². The van der Waals surface area contributed by atoms with Crippen LogP contribution in [0.1, 0.15) is 18.4 Å². The Balaban J connectivity index is 2.26. The smallest absolute Gasteiger partial charge is 0.242 e. The van der Waals surface area contributed by atoms with E-state index >= 15 is 0 Å². The molecular weight excluding hydrogens is 286 g/mol. The molecule has 2 N–H and O–H groups in total. The van der Waals surface area contributed by atoms with Crippen LogP contribution in [0.5, 0.6) is 0 Å². The van der Waals surface area contributed by atoms with Crippen molar-refractivity contribution in [1.82, 2.24) is 10.0 Å². The van der Waals surface area contributed by atoms with Crippen LogP contribution >= 0.6 is 11.6 Å². The lowest BCUT2D eigenvalue weighted by molar-refractivity contribution is 0.428. The number of hydrogen-bond acceptors (Lipinski definition) is 4. The van der Waals surface area contributed by atoms with Gasteiger partial charge in [0.05, 0.1) is 16.7 Å². The Morgan fingerprint density at radius 3 is 2.89 bits per heavy atom. The minimum Gasteiger partial charge on any atom is -0.315 e. The number of nitrogens with one attached hydrogen (secondary N) is 2. The highest BCUT2D eigenvalue weighted by molar-refractivity contribution is 7.89. The third kappa shape index (κ3) is 3.45. The van der Waals surface area contributed by atoms with Gasteiger partial charge in [0.1, 0.15) is 4.90 Å². The number of hydrogen-bond donors (Lipinski definition) is 2. The van der Waals surface area contributed by atoms with Gasteiger partial charge in [0, 0.05) is 12.6 Å². The molecule has 1 atom stereocenters. The van der Waals surface area contributed by atoms with E-state index in [1.807, 2.05) is 6.07 Å². The lowest BCUT2D eigenvalue weighted by atomic mass is 10.1. The molecule has 19 heavy (non-hydrogen) atoms. The molecule has 0 spiro atoms. The predicted octanol–water partition coefficient (Wildman–Crippen LogP) is 1.24. The van der Waals surface area contributed by atoms with E-state index in [2.05, 4.69) is 10.0 Å². The molecule has 5 nitrogen and oxygen atoms in total. The van der Waals surface area contributed by atoms with Gasteiger partial charge in [-0.05, 0) is 37.6 Å². The van der Waals surface area contributed by atoms with Crippen LogP contribution in [0, 0.1) is 11.3 Å². The molecule has 1 heterocycles. The number of nitrogens with zero attached hydrogens (tertiary/aromatic N) is 1. The van der Waals surface area contributed by atoms with Gasteiger partial charge >= 0.3 is 0 Å². The van der Waals surface area contributed by atoms with E-state index in [0.29, 0.717) is 6.54 Å². The highest BCUT2D eigenvalue weighted by Gasteiger charge is 2.24. The topological polar surface area (TPSA) is 82.0 Å². The molecule has 1 aromatic carbocycles. The van der Waals surface area contributed by atoms with Gasteiger partial charge in [-0.1, -0.05) is 11.6 Å². The summed E-state index contributed by atoms with van der Waals surface area (Å²) in [5, 5.41) is 12.1. The van der Waals surface area contributed by atoms with Crippen LogP contribution in [0.15, 0.2) is 23.1 Å². The summed E-state index contributed by atoms with van der Waals surface area (Å²) in [5.41, 5.74) is 0.270. The second-order valence-electron chi connectivity index (χ2n) is 4.42. The van der Waals surface area contributed by atoms with Gasteiger partial charge in [-0.15, -0.1) is 0 Å². The van der Waals surface area contributed by atoms with Crippen molar-refractivity contribution in [3.8, 4) is 6.07 Å². The van der Waals surface area contributed by atoms with Crippen LogP contribution in [-0.4, -0.2) is 27.5 Å². The molecule has 7 heteroatoms. The van der Waals surface area contributed by atoms with E-state index < -0.39 is 10.0 Å². The summed E-state index contributed by atoms with van der Waals surface area (Å²) in [6.45, 7) is 1.51. The maximum Gasteiger partial charge on any atom is 0.242 e. The van der Waals surface area contributed by atoms with E-state index in [1.165, 1.54) is 18.2 Å². The maximum atomic E-state index is 12.3. The molecule has 1 aliphatic rings. The van der Waals surface area contributed by atoms with Crippen LogP contribution in [-0.2, 0) is 10.0 Å². The fourth-order valence-corrected chi connectivity index (χ4v) is 3.81. The summed E-state index contributed by atoms with van der Waals surface area (Å²) < 4.78 is 27.1. The molecule has 1 aliphatic heterocycles. The predicted molar refractivity (Wildman–Crippen MR) is 72.4 cm³/mol. The molecule has 0 bridgehead atoms. The number of benzene rings is 1. The molecule has 0 aromatic heterocycles. The Kier molecular flexibility index (Phi) is 4.42. The average Bonchev–Trinajstić information content (AvgIpc) is 2.39. The van der Waals surface area contributed by atoms with Crippen molar-refractivity contribution >= 4 is 21.6 Å². The van der Waals surface area contributed by atoms with Crippen molar-refractivity contribution in [3.05, 3.63) is 28.8 Å². The largest absolute Gasteiger partial charge is 0.315 e. The van der Waals surface area contributed by atoms with Crippen molar-refractivity contribution < 1.29 is 8.42 Å². The summed E-state index contributed by atoms with van der Waals surface area (Å²) in [6.07, 6.45) is 1.72. The number of sulfonamides is 1. The maximum absolute atomic E-state index is 12.3. The molecule has 2 rings (SSSR count). The van der Waals surface area contributed by atoms with Gasteiger partial charge in [-0.3, -0.25) is 0 Å². The van der Waals surface area contributed by atoms with Gasteiger partial charge in [0.25, 0.3) is 0 Å². The van der Waals surface area contributed by atoms with Crippen molar-refractivity contribution in [2.45, 2.75) is 23.8 Å². The van der Waals surface area contributed by atoms with Crippen LogP contribution in [0.25, 0.3) is 0 Å². The zero-order valence-electron chi connectivity index (χ0n) is 10.2. The molecule has 1 aromatic rings. The Bertz CT molecular complexity index is 604. The molecule has 0 unspecified atom stereocenters. The molecule has 0 saturated carbocycles. The number of nitriles is 1. The zero-order chi connectivity index (χ0) is 13.9. The highest BCUT2D eigenvalue weighted by atomic mass is 35.5. The molecular formula is C12H14ClN3O2S. The Labute approximate surface area is 117 Å². The van der Waals surface area contributed by atoms with Crippen LogP contribution in [0.4, 0.5) is 0 Å². The number of rotatable bonds is 3. The van der Waals surface area contributed by atoms with E-state index in [-0.39, 0.29) is 21.5 Å². The van der Waals surface area contributed by atoms with E-state index in [4.69, 9.17) is 16.9 Å². The van der Waals surface area contributed by atoms with E-state index in [1.54, 1.807) is 0 Å². The summed E-state index contributed by atoms with van der Waals surface area (Å²) in [6, 6.07) is 5.98. The van der Waals surface area contributed by atoms with Crippen LogP contribution in [0.3, 0.4) is 0 Å². The monoisotopic (exact) mass is 299 g/mol. The van der Waals surface area contributed by atoms with Crippen molar-refractivity contribution in [2.75, 3.05) is 13.1 Å². The minimum atomic E-state index is -3.70. The third-order valence-corrected chi connectivity index (χ3v) is 4.97. The number of halogens is 1. The first-order valence-corrected chi connectivity index (χ1v) is 7.82. The lowest BCUT2D eigenvalue weighted by Gasteiger charge is -2.23.